The van der Waals surface area contributed by atoms with Crippen molar-refractivity contribution in [3.63, 3.8) is 0 Å². The second-order valence-electron chi connectivity index (χ2n) is 3.83. The molecule has 88 valence electrons. The quantitative estimate of drug-likeness (QED) is 0.645. The lowest BCUT2D eigenvalue weighted by atomic mass is 10.2. The highest BCUT2D eigenvalue weighted by Gasteiger charge is 2.23. The standard InChI is InChI=1S/C14H10N2O2/c17-14-12(9-11-7-4-8-15-11)16-13(18-14)10-5-2-1-3-6-10/h1-9,15H. The van der Waals surface area contributed by atoms with E-state index in [2.05, 4.69) is 9.98 Å². The topological polar surface area (TPSA) is 54.4 Å². The molecule has 1 aromatic carbocycles. The fourth-order valence-electron chi connectivity index (χ4n) is 1.69. The predicted molar refractivity (Wildman–Crippen MR) is 67.8 cm³/mol. The number of ether oxygens (including phenoxy) is 1. The normalized spacial score (nSPS) is 16.8. The lowest BCUT2D eigenvalue weighted by Gasteiger charge is -1.97. The van der Waals surface area contributed by atoms with Crippen molar-refractivity contribution in [3.8, 4) is 0 Å². The molecule has 0 aliphatic carbocycles. The van der Waals surface area contributed by atoms with Gasteiger partial charge in [-0.1, -0.05) is 18.2 Å². The van der Waals surface area contributed by atoms with Gasteiger partial charge in [0, 0.05) is 17.5 Å². The van der Waals surface area contributed by atoms with E-state index < -0.39 is 5.97 Å². The number of rotatable bonds is 2. The summed E-state index contributed by atoms with van der Waals surface area (Å²) in [6, 6.07) is 13.1. The Kier molecular flexibility index (Phi) is 2.53. The van der Waals surface area contributed by atoms with Gasteiger partial charge in [-0.25, -0.2) is 9.79 Å². The van der Waals surface area contributed by atoms with Crippen LogP contribution in [0.4, 0.5) is 0 Å². The van der Waals surface area contributed by atoms with Crippen LogP contribution in [0, 0.1) is 0 Å². The Morgan fingerprint density at radius 3 is 2.67 bits per heavy atom. The van der Waals surface area contributed by atoms with E-state index in [1.54, 1.807) is 12.3 Å². The molecule has 0 fully saturated rings. The van der Waals surface area contributed by atoms with Crippen LogP contribution in [0.3, 0.4) is 0 Å². The van der Waals surface area contributed by atoms with Gasteiger partial charge in [-0.3, -0.25) is 0 Å². The molecule has 1 aromatic heterocycles. The van der Waals surface area contributed by atoms with Crippen LogP contribution in [-0.2, 0) is 9.53 Å². The predicted octanol–water partition coefficient (Wildman–Crippen LogP) is 2.36. The summed E-state index contributed by atoms with van der Waals surface area (Å²) in [6.07, 6.45) is 3.45. The number of nitrogens with zero attached hydrogens (tertiary/aromatic N) is 1. The summed E-state index contributed by atoms with van der Waals surface area (Å²) in [5.41, 5.74) is 1.91. The molecule has 0 amide bonds. The summed E-state index contributed by atoms with van der Waals surface area (Å²) >= 11 is 0. The molecule has 0 saturated heterocycles. The highest BCUT2D eigenvalue weighted by atomic mass is 16.6. The third kappa shape index (κ3) is 1.96. The van der Waals surface area contributed by atoms with Crippen LogP contribution in [-0.4, -0.2) is 16.9 Å². The van der Waals surface area contributed by atoms with E-state index in [0.29, 0.717) is 11.6 Å². The first-order chi connectivity index (χ1) is 8.83. The second kappa shape index (κ2) is 4.33. The van der Waals surface area contributed by atoms with Gasteiger partial charge >= 0.3 is 5.97 Å². The summed E-state index contributed by atoms with van der Waals surface area (Å²) in [5.74, 6) is -0.0816. The molecular formula is C14H10N2O2. The van der Waals surface area contributed by atoms with Gasteiger partial charge in [-0.05, 0) is 30.3 Å². The molecule has 18 heavy (non-hydrogen) atoms. The molecule has 1 aliphatic heterocycles. The van der Waals surface area contributed by atoms with Crippen molar-refractivity contribution >= 4 is 17.9 Å². The number of aromatic nitrogens is 1. The first-order valence-corrected chi connectivity index (χ1v) is 5.54. The Morgan fingerprint density at radius 2 is 1.94 bits per heavy atom. The molecule has 3 rings (SSSR count). The number of aliphatic imine (C=N–C) groups is 1. The van der Waals surface area contributed by atoms with Crippen molar-refractivity contribution < 1.29 is 9.53 Å². The smallest absolute Gasteiger partial charge is 0.363 e. The number of cyclic esters (lactones) is 1. The third-order valence-corrected chi connectivity index (χ3v) is 2.56. The summed E-state index contributed by atoms with van der Waals surface area (Å²) in [7, 11) is 0. The van der Waals surface area contributed by atoms with E-state index in [1.165, 1.54) is 0 Å². The Balaban J connectivity index is 1.95. The maximum Gasteiger partial charge on any atom is 0.363 e. The lowest BCUT2D eigenvalue weighted by Crippen LogP contribution is -2.04. The molecule has 0 bridgehead atoms. The molecule has 0 atom stereocenters. The molecule has 1 aliphatic rings. The van der Waals surface area contributed by atoms with E-state index in [9.17, 15) is 4.79 Å². The van der Waals surface area contributed by atoms with Crippen LogP contribution in [0.2, 0.25) is 0 Å². The molecule has 4 nitrogen and oxygen atoms in total. The zero-order valence-electron chi connectivity index (χ0n) is 9.46. The maximum absolute atomic E-state index is 11.7. The highest BCUT2D eigenvalue weighted by molar-refractivity contribution is 6.12. The molecule has 2 heterocycles. The average molecular weight is 238 g/mol. The molecule has 0 saturated carbocycles. The van der Waals surface area contributed by atoms with Crippen molar-refractivity contribution in [1.82, 2.24) is 4.98 Å². The van der Waals surface area contributed by atoms with Crippen LogP contribution >= 0.6 is 0 Å². The fourth-order valence-corrected chi connectivity index (χ4v) is 1.69. The average Bonchev–Trinajstić information content (AvgIpc) is 3.02. The van der Waals surface area contributed by atoms with Crippen LogP contribution in [0.25, 0.3) is 6.08 Å². The third-order valence-electron chi connectivity index (χ3n) is 2.56. The molecular weight excluding hydrogens is 228 g/mol. The molecule has 1 N–H and O–H groups in total. The first-order valence-electron chi connectivity index (χ1n) is 5.54. The lowest BCUT2D eigenvalue weighted by molar-refractivity contribution is -0.129. The van der Waals surface area contributed by atoms with Gasteiger partial charge in [0.1, 0.15) is 0 Å². The van der Waals surface area contributed by atoms with Gasteiger partial charge in [0.2, 0.25) is 5.90 Å². The van der Waals surface area contributed by atoms with Crippen molar-refractivity contribution in [2.75, 3.05) is 0 Å². The van der Waals surface area contributed by atoms with Gasteiger partial charge in [0.15, 0.2) is 5.70 Å². The minimum atomic E-state index is -0.427. The Morgan fingerprint density at radius 1 is 1.11 bits per heavy atom. The number of esters is 1. The fraction of sp³-hybridized carbons (Fsp3) is 0. The Hall–Kier alpha value is -2.62. The van der Waals surface area contributed by atoms with E-state index in [4.69, 9.17) is 4.74 Å². The van der Waals surface area contributed by atoms with Gasteiger partial charge in [-0.15, -0.1) is 0 Å². The summed E-state index contributed by atoms with van der Waals surface area (Å²) in [5, 5.41) is 0. The van der Waals surface area contributed by atoms with Crippen molar-refractivity contribution in [1.29, 1.82) is 0 Å². The van der Waals surface area contributed by atoms with Crippen molar-refractivity contribution in [2.24, 2.45) is 4.99 Å². The summed E-state index contributed by atoms with van der Waals surface area (Å²) in [6.45, 7) is 0. The number of nitrogens with one attached hydrogen (secondary N) is 1. The number of carbonyl (C=O) groups excluding carboxylic acids is 1. The van der Waals surface area contributed by atoms with E-state index in [1.807, 2.05) is 42.5 Å². The zero-order valence-corrected chi connectivity index (χ0v) is 9.46. The molecule has 0 radical (unpaired) electrons. The van der Waals surface area contributed by atoms with E-state index in [-0.39, 0.29) is 0 Å². The number of aromatic amines is 1. The molecule has 2 aromatic rings. The Labute approximate surface area is 104 Å². The van der Waals surface area contributed by atoms with Gasteiger partial charge in [0.05, 0.1) is 0 Å². The Bertz CT molecular complexity index is 625. The zero-order chi connectivity index (χ0) is 12.4. The van der Waals surface area contributed by atoms with Crippen LogP contribution in [0.15, 0.2) is 59.4 Å². The second-order valence-corrected chi connectivity index (χ2v) is 3.83. The van der Waals surface area contributed by atoms with Crippen molar-refractivity contribution in [2.45, 2.75) is 0 Å². The van der Waals surface area contributed by atoms with Crippen LogP contribution < -0.4 is 0 Å². The van der Waals surface area contributed by atoms with E-state index >= 15 is 0 Å². The first kappa shape index (κ1) is 10.5. The maximum atomic E-state index is 11.7. The molecule has 0 spiro atoms. The SMILES string of the molecule is O=C1OC(c2ccccc2)=NC1=Cc1ccc[nH]1. The van der Waals surface area contributed by atoms with Crippen LogP contribution in [0.5, 0.6) is 0 Å². The number of H-pyrrole nitrogens is 1. The number of hydrogen-bond donors (Lipinski definition) is 1. The minimum absolute atomic E-state index is 0.302. The highest BCUT2D eigenvalue weighted by Crippen LogP contribution is 2.18. The number of benzene rings is 1. The van der Waals surface area contributed by atoms with E-state index in [0.717, 1.165) is 11.3 Å². The number of hydrogen-bond acceptors (Lipinski definition) is 3. The van der Waals surface area contributed by atoms with Crippen LogP contribution in [0.1, 0.15) is 11.3 Å². The summed E-state index contributed by atoms with van der Waals surface area (Å²) in [4.78, 5) is 18.9. The molecule has 0 unspecified atom stereocenters. The largest absolute Gasteiger partial charge is 0.402 e. The molecule has 4 heteroatoms. The van der Waals surface area contributed by atoms with Gasteiger partial charge in [-0.2, -0.15) is 0 Å². The van der Waals surface area contributed by atoms with Crippen molar-refractivity contribution in [3.05, 3.63) is 65.6 Å². The monoisotopic (exact) mass is 238 g/mol. The minimum Gasteiger partial charge on any atom is -0.402 e. The van der Waals surface area contributed by atoms with Gasteiger partial charge in [0.25, 0.3) is 0 Å². The number of carbonyl (C=O) groups is 1. The van der Waals surface area contributed by atoms with Gasteiger partial charge < -0.3 is 9.72 Å². The summed E-state index contributed by atoms with van der Waals surface area (Å²) < 4.78 is 5.14.